The number of carboxylic acids is 1. The van der Waals surface area contributed by atoms with Gasteiger partial charge in [0, 0.05) is 24.5 Å². The first-order valence-corrected chi connectivity index (χ1v) is 9.29. The molecule has 5 nitrogen and oxygen atoms in total. The molecule has 3 rings (SSSR count). The molecule has 0 radical (unpaired) electrons. The highest BCUT2D eigenvalue weighted by Gasteiger charge is 2.57. The van der Waals surface area contributed by atoms with Gasteiger partial charge in [-0.25, -0.2) is 4.79 Å². The molecule has 1 amide bonds. The lowest BCUT2D eigenvalue weighted by molar-refractivity contribution is -0.144. The Morgan fingerprint density at radius 3 is 2.68 bits per heavy atom. The van der Waals surface area contributed by atoms with Crippen LogP contribution in [0.3, 0.4) is 0 Å². The summed E-state index contributed by atoms with van der Waals surface area (Å²) in [6, 6.07) is 7.09. The van der Waals surface area contributed by atoms with Crippen molar-refractivity contribution in [2.45, 2.75) is 64.0 Å². The van der Waals surface area contributed by atoms with Crippen LogP contribution in [0.15, 0.2) is 24.3 Å². The molecule has 0 aliphatic heterocycles. The van der Waals surface area contributed by atoms with Crippen LogP contribution in [0.25, 0.3) is 0 Å². The van der Waals surface area contributed by atoms with Gasteiger partial charge >= 0.3 is 5.97 Å². The number of aryl methyl sites for hydroxylation is 1. The summed E-state index contributed by atoms with van der Waals surface area (Å²) in [7, 11) is 0. The van der Waals surface area contributed by atoms with Crippen molar-refractivity contribution in [3.63, 3.8) is 0 Å². The summed E-state index contributed by atoms with van der Waals surface area (Å²) >= 11 is 0. The molecule has 2 fully saturated rings. The zero-order valence-electron chi connectivity index (χ0n) is 14.8. The highest BCUT2D eigenvalue weighted by molar-refractivity contribution is 5.89. The average Bonchev–Trinajstić information content (AvgIpc) is 3.12. The first-order chi connectivity index (χ1) is 12.1. The maximum absolute atomic E-state index is 12.4. The summed E-state index contributed by atoms with van der Waals surface area (Å²) in [4.78, 5) is 23.7. The van der Waals surface area contributed by atoms with Crippen LogP contribution in [-0.2, 0) is 16.0 Å². The minimum absolute atomic E-state index is 0.00594. The van der Waals surface area contributed by atoms with Crippen LogP contribution in [0.4, 0.5) is 0 Å². The highest BCUT2D eigenvalue weighted by atomic mass is 16.5. The first kappa shape index (κ1) is 17.9. The van der Waals surface area contributed by atoms with Gasteiger partial charge in [0.15, 0.2) is 0 Å². The van der Waals surface area contributed by atoms with Gasteiger partial charge in [0.1, 0.15) is 0 Å². The third-order valence-corrected chi connectivity index (χ3v) is 5.89. The summed E-state index contributed by atoms with van der Waals surface area (Å²) in [6.07, 6.45) is 6.61. The van der Waals surface area contributed by atoms with Crippen LogP contribution in [0.2, 0.25) is 0 Å². The lowest BCUT2D eigenvalue weighted by Gasteiger charge is -2.54. The van der Waals surface area contributed by atoms with Crippen LogP contribution >= 0.6 is 0 Å². The average molecular weight is 345 g/mol. The van der Waals surface area contributed by atoms with E-state index in [1.165, 1.54) is 12.8 Å². The lowest BCUT2D eigenvalue weighted by atomic mass is 9.60. The van der Waals surface area contributed by atoms with Crippen molar-refractivity contribution < 1.29 is 19.4 Å². The van der Waals surface area contributed by atoms with E-state index in [-0.39, 0.29) is 29.0 Å². The Labute approximate surface area is 148 Å². The third kappa shape index (κ3) is 3.56. The molecule has 2 aliphatic rings. The molecule has 2 atom stereocenters. The highest BCUT2D eigenvalue weighted by Crippen LogP contribution is 2.54. The van der Waals surface area contributed by atoms with E-state index < -0.39 is 5.97 Å². The zero-order valence-corrected chi connectivity index (χ0v) is 14.8. The van der Waals surface area contributed by atoms with Gasteiger partial charge in [-0.05, 0) is 44.2 Å². The molecule has 2 saturated carbocycles. The maximum atomic E-state index is 12.4. The second-order valence-corrected chi connectivity index (χ2v) is 7.20. The number of carbonyl (C=O) groups excluding carboxylic acids is 1. The quantitative estimate of drug-likeness (QED) is 0.796. The minimum Gasteiger partial charge on any atom is -0.478 e. The summed E-state index contributed by atoms with van der Waals surface area (Å²) in [6.45, 7) is 2.74. The Kier molecular flexibility index (Phi) is 5.42. The first-order valence-electron chi connectivity index (χ1n) is 9.29. The van der Waals surface area contributed by atoms with Crippen molar-refractivity contribution in [2.24, 2.45) is 5.41 Å². The van der Waals surface area contributed by atoms with Gasteiger partial charge in [-0.1, -0.05) is 31.0 Å². The number of aromatic carboxylic acids is 1. The lowest BCUT2D eigenvalue weighted by Crippen LogP contribution is -2.63. The Balaban J connectivity index is 1.56. The molecule has 0 bridgehead atoms. The molecule has 0 aromatic heterocycles. The van der Waals surface area contributed by atoms with Crippen molar-refractivity contribution in [3.8, 4) is 0 Å². The molecule has 2 N–H and O–H groups in total. The van der Waals surface area contributed by atoms with Crippen molar-refractivity contribution in [1.82, 2.24) is 5.32 Å². The van der Waals surface area contributed by atoms with Crippen molar-refractivity contribution in [3.05, 3.63) is 35.4 Å². The molecular weight excluding hydrogens is 318 g/mol. The third-order valence-electron chi connectivity index (χ3n) is 5.89. The minimum atomic E-state index is -0.945. The summed E-state index contributed by atoms with van der Waals surface area (Å²) < 4.78 is 5.88. The number of rotatable bonds is 7. The summed E-state index contributed by atoms with van der Waals surface area (Å²) in [5, 5.41) is 12.4. The Morgan fingerprint density at radius 2 is 2.00 bits per heavy atom. The van der Waals surface area contributed by atoms with Gasteiger partial charge in [-0.2, -0.15) is 0 Å². The number of nitrogens with one attached hydrogen (secondary N) is 1. The van der Waals surface area contributed by atoms with Gasteiger partial charge in [-0.3, -0.25) is 4.79 Å². The Hall–Kier alpha value is -1.88. The van der Waals surface area contributed by atoms with Crippen LogP contribution in [0.1, 0.15) is 61.4 Å². The topological polar surface area (TPSA) is 75.6 Å². The molecule has 25 heavy (non-hydrogen) atoms. The molecule has 1 aromatic rings. The number of benzene rings is 1. The van der Waals surface area contributed by atoms with Crippen LogP contribution in [0.5, 0.6) is 0 Å². The normalized spacial score (nSPS) is 24.0. The number of hydrogen-bond donors (Lipinski definition) is 2. The molecule has 5 heteroatoms. The fourth-order valence-electron chi connectivity index (χ4n) is 4.55. The predicted molar refractivity (Wildman–Crippen MR) is 94.6 cm³/mol. The van der Waals surface area contributed by atoms with E-state index in [9.17, 15) is 14.7 Å². The standard InChI is InChI=1S/C20H27NO4/c1-2-25-17-13-16(20(17)11-5-6-12-20)21-18(22)10-9-14-7-3-4-8-15(14)19(23)24/h3-4,7-8,16-17H,2,5-6,9-13H2,1H3,(H,21,22)(H,23,24). The van der Waals surface area contributed by atoms with E-state index in [1.54, 1.807) is 18.2 Å². The largest absolute Gasteiger partial charge is 0.478 e. The van der Waals surface area contributed by atoms with Gasteiger partial charge in [-0.15, -0.1) is 0 Å². The molecule has 2 aliphatic carbocycles. The van der Waals surface area contributed by atoms with Crippen LogP contribution in [-0.4, -0.2) is 35.7 Å². The monoisotopic (exact) mass is 345 g/mol. The summed E-state index contributed by atoms with van der Waals surface area (Å²) in [5.41, 5.74) is 1.12. The SMILES string of the molecule is CCOC1CC(NC(=O)CCc2ccccc2C(=O)O)C12CCCC2. The van der Waals surface area contributed by atoms with E-state index in [0.717, 1.165) is 25.9 Å². The molecular formula is C20H27NO4. The van der Waals surface area contributed by atoms with Gasteiger partial charge in [0.2, 0.25) is 5.91 Å². The molecule has 1 aromatic carbocycles. The fourth-order valence-corrected chi connectivity index (χ4v) is 4.55. The molecule has 1 spiro atoms. The smallest absolute Gasteiger partial charge is 0.335 e. The fraction of sp³-hybridized carbons (Fsp3) is 0.600. The van der Waals surface area contributed by atoms with E-state index in [0.29, 0.717) is 18.4 Å². The van der Waals surface area contributed by atoms with Crippen molar-refractivity contribution in [2.75, 3.05) is 6.61 Å². The number of ether oxygens (including phenoxy) is 1. The van der Waals surface area contributed by atoms with E-state index in [4.69, 9.17) is 4.74 Å². The maximum Gasteiger partial charge on any atom is 0.335 e. The summed E-state index contributed by atoms with van der Waals surface area (Å²) in [5.74, 6) is -0.939. The van der Waals surface area contributed by atoms with Crippen LogP contribution < -0.4 is 5.32 Å². The number of amides is 1. The molecule has 0 heterocycles. The second-order valence-electron chi connectivity index (χ2n) is 7.20. The Bertz CT molecular complexity index is 636. The van der Waals surface area contributed by atoms with Gasteiger partial charge in [0.05, 0.1) is 11.7 Å². The number of carboxylic acid groups (broad SMARTS) is 1. The molecule has 0 saturated heterocycles. The molecule has 2 unspecified atom stereocenters. The van der Waals surface area contributed by atoms with E-state index in [1.807, 2.05) is 13.0 Å². The van der Waals surface area contributed by atoms with Crippen LogP contribution in [0, 0.1) is 5.41 Å². The second kappa shape index (κ2) is 7.56. The van der Waals surface area contributed by atoms with Gasteiger partial charge in [0.25, 0.3) is 0 Å². The van der Waals surface area contributed by atoms with Gasteiger partial charge < -0.3 is 15.2 Å². The van der Waals surface area contributed by atoms with E-state index >= 15 is 0 Å². The number of carbonyl (C=O) groups is 2. The molecule has 136 valence electrons. The number of hydrogen-bond acceptors (Lipinski definition) is 3. The zero-order chi connectivity index (χ0) is 17.9. The Morgan fingerprint density at radius 1 is 1.28 bits per heavy atom. The van der Waals surface area contributed by atoms with Crippen molar-refractivity contribution >= 4 is 11.9 Å². The predicted octanol–water partition coefficient (Wildman–Crippen LogP) is 3.17. The van der Waals surface area contributed by atoms with E-state index in [2.05, 4.69) is 5.32 Å². The van der Waals surface area contributed by atoms with Crippen molar-refractivity contribution in [1.29, 1.82) is 0 Å².